The van der Waals surface area contributed by atoms with Gasteiger partial charge in [-0.05, 0) is 30.5 Å². The Balaban J connectivity index is 1.31. The van der Waals surface area contributed by atoms with Gasteiger partial charge in [-0.25, -0.2) is 9.37 Å². The van der Waals surface area contributed by atoms with Crippen molar-refractivity contribution in [1.82, 2.24) is 19.6 Å². The highest BCUT2D eigenvalue weighted by atomic mass is 32.1. The summed E-state index contributed by atoms with van der Waals surface area (Å²) >= 11 is 1.33. The molecule has 1 aromatic heterocycles. The second kappa shape index (κ2) is 9.60. The van der Waals surface area contributed by atoms with Crippen molar-refractivity contribution in [2.75, 3.05) is 50.8 Å². The van der Waals surface area contributed by atoms with Crippen LogP contribution in [0.5, 0.6) is 0 Å². The van der Waals surface area contributed by atoms with Crippen molar-refractivity contribution in [2.45, 2.75) is 25.3 Å². The predicted octanol–water partition coefficient (Wildman–Crippen LogP) is 1.69. The van der Waals surface area contributed by atoms with Gasteiger partial charge in [0.25, 0.3) is 0 Å². The summed E-state index contributed by atoms with van der Waals surface area (Å²) in [7, 11) is 0. The zero-order valence-corrected chi connectivity index (χ0v) is 17.2. The maximum Gasteiger partial charge on any atom is 0.242 e. The molecule has 9 heteroatoms. The van der Waals surface area contributed by atoms with Gasteiger partial charge in [0, 0.05) is 50.7 Å². The van der Waals surface area contributed by atoms with Crippen molar-refractivity contribution < 1.29 is 13.9 Å². The van der Waals surface area contributed by atoms with E-state index in [1.165, 1.54) is 23.7 Å². The molecule has 1 amide bonds. The summed E-state index contributed by atoms with van der Waals surface area (Å²) in [5, 5.41) is 3.87. The van der Waals surface area contributed by atoms with Crippen molar-refractivity contribution in [3.8, 4) is 0 Å². The summed E-state index contributed by atoms with van der Waals surface area (Å²) in [6, 6.07) is 6.19. The smallest absolute Gasteiger partial charge is 0.242 e. The SMILES string of the molecule is O=C(NCCN1CCOCC1)[C@@H]1CCCN1c1nc(Cc2ccc(F)cc2)ns1. The predicted molar refractivity (Wildman–Crippen MR) is 110 cm³/mol. The number of carbonyl (C=O) groups is 1. The van der Waals surface area contributed by atoms with E-state index < -0.39 is 0 Å². The average Bonchev–Trinajstić information content (AvgIpc) is 3.40. The molecular formula is C20H26FN5O2S. The highest BCUT2D eigenvalue weighted by Gasteiger charge is 2.32. The van der Waals surface area contributed by atoms with E-state index in [-0.39, 0.29) is 17.8 Å². The van der Waals surface area contributed by atoms with E-state index in [0.29, 0.717) is 18.8 Å². The molecule has 1 aromatic carbocycles. The number of aromatic nitrogens is 2. The second-order valence-electron chi connectivity index (χ2n) is 7.39. The standard InChI is InChI=1S/C20H26FN5O2S/c21-16-5-3-15(4-6-16)14-18-23-20(29-24-18)26-8-1-2-17(26)19(27)22-7-9-25-10-12-28-13-11-25/h3-6,17H,1-2,7-14H2,(H,22,27)/t17-/m0/s1. The molecule has 2 aliphatic rings. The lowest BCUT2D eigenvalue weighted by Crippen LogP contribution is -2.46. The van der Waals surface area contributed by atoms with Gasteiger partial charge in [-0.1, -0.05) is 12.1 Å². The lowest BCUT2D eigenvalue weighted by Gasteiger charge is -2.27. The molecule has 4 rings (SSSR count). The fraction of sp³-hybridized carbons (Fsp3) is 0.550. The Hall–Kier alpha value is -2.10. The third-order valence-corrected chi connectivity index (χ3v) is 6.16. The van der Waals surface area contributed by atoms with E-state index in [0.717, 1.165) is 62.9 Å². The van der Waals surface area contributed by atoms with Crippen LogP contribution in [0.1, 0.15) is 24.2 Å². The number of nitrogens with zero attached hydrogens (tertiary/aromatic N) is 4. The van der Waals surface area contributed by atoms with E-state index in [2.05, 4.69) is 24.5 Å². The molecular weight excluding hydrogens is 393 g/mol. The minimum absolute atomic E-state index is 0.0612. The Morgan fingerprint density at radius 2 is 2.03 bits per heavy atom. The molecule has 2 fully saturated rings. The molecule has 2 aromatic rings. The van der Waals surface area contributed by atoms with Crippen molar-refractivity contribution in [3.63, 3.8) is 0 Å². The number of morpholine rings is 1. The van der Waals surface area contributed by atoms with Crippen LogP contribution in [0.2, 0.25) is 0 Å². The minimum Gasteiger partial charge on any atom is -0.379 e. The summed E-state index contributed by atoms with van der Waals surface area (Å²) in [5.41, 5.74) is 0.967. The molecule has 7 nitrogen and oxygen atoms in total. The van der Waals surface area contributed by atoms with Gasteiger partial charge in [-0.2, -0.15) is 4.37 Å². The zero-order valence-electron chi connectivity index (χ0n) is 16.3. The average molecular weight is 420 g/mol. The summed E-state index contributed by atoms with van der Waals surface area (Å²) < 4.78 is 22.9. The summed E-state index contributed by atoms with van der Waals surface area (Å²) in [4.78, 5) is 21.7. The van der Waals surface area contributed by atoms with Crippen LogP contribution in [0.25, 0.3) is 0 Å². The number of anilines is 1. The Morgan fingerprint density at radius 1 is 1.24 bits per heavy atom. The van der Waals surface area contributed by atoms with Crippen LogP contribution in [0.3, 0.4) is 0 Å². The second-order valence-corrected chi connectivity index (χ2v) is 8.12. The quantitative estimate of drug-likeness (QED) is 0.737. The van der Waals surface area contributed by atoms with Crippen molar-refractivity contribution in [3.05, 3.63) is 41.5 Å². The summed E-state index contributed by atoms with van der Waals surface area (Å²) in [6.45, 7) is 5.69. The molecule has 0 aliphatic carbocycles. The molecule has 29 heavy (non-hydrogen) atoms. The van der Waals surface area contributed by atoms with E-state index in [1.807, 2.05) is 0 Å². The third kappa shape index (κ3) is 5.29. The van der Waals surface area contributed by atoms with Crippen molar-refractivity contribution in [2.24, 2.45) is 0 Å². The summed E-state index contributed by atoms with van der Waals surface area (Å²) in [5.74, 6) is 0.515. The number of hydrogen-bond donors (Lipinski definition) is 1. The molecule has 156 valence electrons. The number of benzene rings is 1. The normalized spacial score (nSPS) is 20.2. The summed E-state index contributed by atoms with van der Waals surface area (Å²) in [6.07, 6.45) is 2.35. The topological polar surface area (TPSA) is 70.6 Å². The molecule has 0 bridgehead atoms. The van der Waals surface area contributed by atoms with Gasteiger partial charge < -0.3 is 15.0 Å². The first-order valence-electron chi connectivity index (χ1n) is 10.1. The van der Waals surface area contributed by atoms with Crippen LogP contribution in [0.15, 0.2) is 24.3 Å². The minimum atomic E-state index is -0.250. The maximum absolute atomic E-state index is 13.1. The van der Waals surface area contributed by atoms with E-state index in [4.69, 9.17) is 4.74 Å². The van der Waals surface area contributed by atoms with E-state index >= 15 is 0 Å². The molecule has 2 saturated heterocycles. The van der Waals surface area contributed by atoms with Crippen LogP contribution < -0.4 is 10.2 Å². The fourth-order valence-electron chi connectivity index (χ4n) is 3.77. The highest BCUT2D eigenvalue weighted by molar-refractivity contribution is 7.09. The number of ether oxygens (including phenoxy) is 1. The number of rotatable bonds is 7. The highest BCUT2D eigenvalue weighted by Crippen LogP contribution is 2.27. The monoisotopic (exact) mass is 419 g/mol. The Labute approximate surface area is 174 Å². The van der Waals surface area contributed by atoms with Crippen LogP contribution in [0, 0.1) is 5.82 Å². The molecule has 0 unspecified atom stereocenters. The van der Waals surface area contributed by atoms with Gasteiger partial charge in [0.1, 0.15) is 17.7 Å². The Kier molecular flexibility index (Phi) is 6.68. The van der Waals surface area contributed by atoms with Crippen molar-refractivity contribution >= 4 is 22.6 Å². The van der Waals surface area contributed by atoms with Gasteiger partial charge >= 0.3 is 0 Å². The van der Waals surface area contributed by atoms with Crippen molar-refractivity contribution in [1.29, 1.82) is 0 Å². The molecule has 1 atom stereocenters. The first-order valence-corrected chi connectivity index (χ1v) is 10.9. The van der Waals surface area contributed by atoms with Crippen LogP contribution in [-0.2, 0) is 16.0 Å². The third-order valence-electron chi connectivity index (χ3n) is 5.36. The molecule has 2 aliphatic heterocycles. The molecule has 0 spiro atoms. The number of nitrogens with one attached hydrogen (secondary N) is 1. The van der Waals surface area contributed by atoms with E-state index in [1.54, 1.807) is 12.1 Å². The van der Waals surface area contributed by atoms with Gasteiger partial charge in [0.2, 0.25) is 11.0 Å². The van der Waals surface area contributed by atoms with Crippen LogP contribution in [-0.4, -0.2) is 72.1 Å². The number of hydrogen-bond acceptors (Lipinski definition) is 7. The maximum atomic E-state index is 13.1. The largest absolute Gasteiger partial charge is 0.379 e. The first-order chi connectivity index (χ1) is 14.2. The molecule has 1 N–H and O–H groups in total. The first kappa shape index (κ1) is 20.2. The van der Waals surface area contributed by atoms with Gasteiger partial charge in [-0.3, -0.25) is 9.69 Å². The van der Waals surface area contributed by atoms with Gasteiger partial charge in [-0.15, -0.1) is 0 Å². The molecule has 0 saturated carbocycles. The lowest BCUT2D eigenvalue weighted by atomic mass is 10.1. The number of halogens is 1. The van der Waals surface area contributed by atoms with Gasteiger partial charge in [0.05, 0.1) is 13.2 Å². The zero-order chi connectivity index (χ0) is 20.1. The van der Waals surface area contributed by atoms with Crippen LogP contribution in [0.4, 0.5) is 9.52 Å². The molecule has 0 radical (unpaired) electrons. The van der Waals surface area contributed by atoms with Crippen LogP contribution >= 0.6 is 11.5 Å². The van der Waals surface area contributed by atoms with Gasteiger partial charge in [0.15, 0.2) is 0 Å². The van der Waals surface area contributed by atoms with E-state index in [9.17, 15) is 9.18 Å². The number of carbonyl (C=O) groups excluding carboxylic acids is 1. The fourth-order valence-corrected chi connectivity index (χ4v) is 4.53. The Morgan fingerprint density at radius 3 is 2.83 bits per heavy atom. The lowest BCUT2D eigenvalue weighted by molar-refractivity contribution is -0.122. The number of amides is 1. The Bertz CT molecular complexity index is 809. The molecule has 3 heterocycles.